The van der Waals surface area contributed by atoms with Crippen LogP contribution in [-0.4, -0.2) is 35.3 Å². The van der Waals surface area contributed by atoms with Gasteiger partial charge in [0.15, 0.2) is 6.10 Å². The monoisotopic (exact) mass is 294 g/mol. The van der Waals surface area contributed by atoms with Gasteiger partial charge in [-0.3, -0.25) is 9.59 Å². The molecule has 5 nitrogen and oxygen atoms in total. The van der Waals surface area contributed by atoms with E-state index in [1.54, 1.807) is 6.92 Å². The van der Waals surface area contributed by atoms with E-state index in [2.05, 4.69) is 15.9 Å². The summed E-state index contributed by atoms with van der Waals surface area (Å²) >= 11 is 3.30. The summed E-state index contributed by atoms with van der Waals surface area (Å²) < 4.78 is 15.7. The molecule has 0 aromatic rings. The molecule has 1 aliphatic rings. The zero-order chi connectivity index (χ0) is 12.3. The van der Waals surface area contributed by atoms with Gasteiger partial charge < -0.3 is 14.2 Å². The van der Waals surface area contributed by atoms with E-state index in [1.165, 1.54) is 13.8 Å². The summed E-state index contributed by atoms with van der Waals surface area (Å²) in [6.07, 6.45) is -0.863. The molecule has 4 atom stereocenters. The van der Waals surface area contributed by atoms with Crippen LogP contribution >= 0.6 is 15.9 Å². The second-order valence-electron chi connectivity index (χ2n) is 3.71. The Hall–Kier alpha value is -0.620. The Labute approximate surface area is 103 Å². The molecule has 0 bridgehead atoms. The summed E-state index contributed by atoms with van der Waals surface area (Å²) in [6.45, 7) is 4.42. The fourth-order valence-electron chi connectivity index (χ4n) is 1.68. The largest absolute Gasteiger partial charge is 0.458 e. The first-order valence-corrected chi connectivity index (χ1v) is 5.95. The Morgan fingerprint density at radius 2 is 1.81 bits per heavy atom. The zero-order valence-corrected chi connectivity index (χ0v) is 11.0. The number of carbonyl (C=O) groups excluding carboxylic acids is 2. The van der Waals surface area contributed by atoms with Gasteiger partial charge >= 0.3 is 11.9 Å². The molecule has 1 saturated heterocycles. The minimum Gasteiger partial charge on any atom is -0.458 e. The highest BCUT2D eigenvalue weighted by atomic mass is 79.9. The Morgan fingerprint density at radius 1 is 1.25 bits per heavy atom. The van der Waals surface area contributed by atoms with Crippen LogP contribution in [0, 0.1) is 0 Å². The number of ether oxygens (including phenoxy) is 3. The third-order valence-electron chi connectivity index (χ3n) is 2.23. The van der Waals surface area contributed by atoms with Gasteiger partial charge in [-0.05, 0) is 6.92 Å². The van der Waals surface area contributed by atoms with E-state index in [9.17, 15) is 9.59 Å². The molecule has 0 N–H and O–H groups in total. The van der Waals surface area contributed by atoms with Crippen molar-refractivity contribution in [2.45, 2.75) is 50.5 Å². The maximum Gasteiger partial charge on any atom is 0.303 e. The highest BCUT2D eigenvalue weighted by Gasteiger charge is 2.39. The molecule has 1 aliphatic heterocycles. The average Bonchev–Trinajstić information content (AvgIpc) is 2.09. The predicted octanol–water partition coefficient (Wildman–Crippen LogP) is 1.38. The second kappa shape index (κ2) is 5.63. The maximum absolute atomic E-state index is 10.9. The van der Waals surface area contributed by atoms with Crippen molar-refractivity contribution < 1.29 is 23.8 Å². The molecule has 16 heavy (non-hydrogen) atoms. The molecule has 6 heteroatoms. The molecule has 0 aliphatic carbocycles. The molecule has 0 spiro atoms. The van der Waals surface area contributed by atoms with Crippen LogP contribution in [-0.2, 0) is 23.8 Å². The van der Waals surface area contributed by atoms with Crippen molar-refractivity contribution in [1.82, 2.24) is 0 Å². The normalized spacial score (nSPS) is 34.2. The predicted molar refractivity (Wildman–Crippen MR) is 59.0 cm³/mol. The smallest absolute Gasteiger partial charge is 0.303 e. The van der Waals surface area contributed by atoms with Gasteiger partial charge in [0.05, 0.1) is 6.10 Å². The third-order valence-corrected chi connectivity index (χ3v) is 2.82. The molecule has 0 saturated carbocycles. The quantitative estimate of drug-likeness (QED) is 0.569. The van der Waals surface area contributed by atoms with E-state index in [4.69, 9.17) is 14.2 Å². The van der Waals surface area contributed by atoms with E-state index < -0.39 is 24.1 Å². The van der Waals surface area contributed by atoms with Crippen LogP contribution in [0.4, 0.5) is 0 Å². The number of esters is 2. The van der Waals surface area contributed by atoms with E-state index in [0.29, 0.717) is 6.42 Å². The topological polar surface area (TPSA) is 61.8 Å². The molecule has 0 unspecified atom stereocenters. The van der Waals surface area contributed by atoms with Gasteiger partial charge in [0, 0.05) is 20.3 Å². The molecule has 1 fully saturated rings. The highest BCUT2D eigenvalue weighted by molar-refractivity contribution is 9.09. The van der Waals surface area contributed by atoms with Crippen molar-refractivity contribution in [3.05, 3.63) is 0 Å². The maximum atomic E-state index is 10.9. The molecular formula is C10H15BrO5. The Bertz CT molecular complexity index is 280. The van der Waals surface area contributed by atoms with Crippen LogP contribution in [0.5, 0.6) is 0 Å². The Morgan fingerprint density at radius 3 is 2.31 bits per heavy atom. The highest BCUT2D eigenvalue weighted by Crippen LogP contribution is 2.28. The van der Waals surface area contributed by atoms with Crippen molar-refractivity contribution in [1.29, 1.82) is 0 Å². The number of rotatable bonds is 2. The standard InChI is InChI=1S/C10H15BrO5/c1-5-10(16-7(3)13)8(15-6(2)12)4-9(11)14-5/h5,8-10H,4H2,1-3H3/t5-,8-,9+,10+/m0/s1. The first-order valence-electron chi connectivity index (χ1n) is 5.04. The fraction of sp³-hybridized carbons (Fsp3) is 0.800. The lowest BCUT2D eigenvalue weighted by Gasteiger charge is -2.37. The van der Waals surface area contributed by atoms with Crippen molar-refractivity contribution >= 4 is 27.9 Å². The van der Waals surface area contributed by atoms with Gasteiger partial charge in [-0.2, -0.15) is 0 Å². The van der Waals surface area contributed by atoms with Gasteiger partial charge in [-0.1, -0.05) is 15.9 Å². The van der Waals surface area contributed by atoms with Gasteiger partial charge in [0.1, 0.15) is 11.1 Å². The first-order chi connectivity index (χ1) is 7.40. The van der Waals surface area contributed by atoms with E-state index >= 15 is 0 Å². The van der Waals surface area contributed by atoms with Crippen LogP contribution in [0.15, 0.2) is 0 Å². The molecule has 0 aromatic carbocycles. The van der Waals surface area contributed by atoms with Gasteiger partial charge in [-0.25, -0.2) is 0 Å². The molecular weight excluding hydrogens is 280 g/mol. The third kappa shape index (κ3) is 3.75. The molecule has 1 rings (SSSR count). The number of halogens is 1. The summed E-state index contributed by atoms with van der Waals surface area (Å²) in [5, 5.41) is -0.196. The summed E-state index contributed by atoms with van der Waals surface area (Å²) in [7, 11) is 0. The summed E-state index contributed by atoms with van der Waals surface area (Å²) in [5.74, 6) is -0.804. The number of hydrogen-bond acceptors (Lipinski definition) is 5. The average molecular weight is 295 g/mol. The van der Waals surface area contributed by atoms with Crippen molar-refractivity contribution in [3.8, 4) is 0 Å². The molecule has 92 valence electrons. The van der Waals surface area contributed by atoms with Gasteiger partial charge in [0.2, 0.25) is 0 Å². The fourth-order valence-corrected chi connectivity index (χ4v) is 2.39. The van der Waals surface area contributed by atoms with Crippen molar-refractivity contribution in [2.24, 2.45) is 0 Å². The van der Waals surface area contributed by atoms with Crippen LogP contribution in [0.2, 0.25) is 0 Å². The van der Waals surface area contributed by atoms with Gasteiger partial charge in [0.25, 0.3) is 0 Å². The molecule has 0 aromatic heterocycles. The van der Waals surface area contributed by atoms with Crippen LogP contribution in [0.25, 0.3) is 0 Å². The van der Waals surface area contributed by atoms with Crippen LogP contribution in [0.1, 0.15) is 27.2 Å². The Kier molecular flexibility index (Phi) is 4.73. The number of carbonyl (C=O) groups is 2. The lowest BCUT2D eigenvalue weighted by molar-refractivity contribution is -0.193. The van der Waals surface area contributed by atoms with Crippen molar-refractivity contribution in [3.63, 3.8) is 0 Å². The number of alkyl halides is 1. The lowest BCUT2D eigenvalue weighted by Crippen LogP contribution is -2.49. The molecule has 0 radical (unpaired) electrons. The minimum absolute atomic E-state index is 0.196. The minimum atomic E-state index is -0.546. The molecule has 1 heterocycles. The van der Waals surface area contributed by atoms with E-state index in [-0.39, 0.29) is 11.1 Å². The zero-order valence-electron chi connectivity index (χ0n) is 9.44. The first kappa shape index (κ1) is 13.4. The summed E-state index contributed by atoms with van der Waals surface area (Å²) in [4.78, 5) is 21.9. The van der Waals surface area contributed by atoms with Gasteiger partial charge in [-0.15, -0.1) is 0 Å². The number of hydrogen-bond donors (Lipinski definition) is 0. The summed E-state index contributed by atoms with van der Waals surface area (Å²) in [5.41, 5.74) is 0. The van der Waals surface area contributed by atoms with E-state index in [1.807, 2.05) is 0 Å². The van der Waals surface area contributed by atoms with Crippen LogP contribution in [0.3, 0.4) is 0 Å². The SMILES string of the molecule is CC(=O)O[C@@H]1[C@H](C)O[C@@H](Br)C[C@@H]1OC(C)=O. The van der Waals surface area contributed by atoms with Crippen LogP contribution < -0.4 is 0 Å². The Balaban J connectivity index is 2.71. The summed E-state index contributed by atoms with van der Waals surface area (Å²) in [6, 6.07) is 0. The van der Waals surface area contributed by atoms with Crippen molar-refractivity contribution in [2.75, 3.05) is 0 Å². The molecule has 0 amide bonds. The second-order valence-corrected chi connectivity index (χ2v) is 4.73. The lowest BCUT2D eigenvalue weighted by atomic mass is 10.0. The van der Waals surface area contributed by atoms with E-state index in [0.717, 1.165) is 0 Å².